The third-order valence-electron chi connectivity index (χ3n) is 1.16. The molecule has 3 heteroatoms. The normalized spacial score (nSPS) is 11.8. The van der Waals surface area contributed by atoms with Crippen LogP contribution in [0.2, 0.25) is 0 Å². The maximum Gasteiger partial charge on any atom is 0.221 e. The maximum atomic E-state index is 11.1. The van der Waals surface area contributed by atoms with Gasteiger partial charge in [-0.15, -0.1) is 0 Å². The van der Waals surface area contributed by atoms with E-state index >= 15 is 0 Å². The molecule has 0 aliphatic rings. The third-order valence-corrected chi connectivity index (χ3v) is 1.16. The number of hydrogen-bond donors (Lipinski definition) is 1. The Kier molecular flexibility index (Phi) is 4.59. The Labute approximate surface area is 78.7 Å². The van der Waals surface area contributed by atoms with Crippen LogP contribution < -0.4 is 0 Å². The molecule has 0 atom stereocenters. The molecule has 0 unspecified atom stereocenters. The summed E-state index contributed by atoms with van der Waals surface area (Å²) in [5, 5.41) is 9.18. The molecule has 0 aliphatic carbocycles. The molecule has 0 spiro atoms. The van der Waals surface area contributed by atoms with Gasteiger partial charge in [-0.1, -0.05) is 12.2 Å². The fourth-order valence-corrected chi connectivity index (χ4v) is 0.607. The van der Waals surface area contributed by atoms with Crippen molar-refractivity contribution in [3.05, 3.63) is 36.3 Å². The molecule has 3 nitrogen and oxygen atoms in total. The van der Waals surface area contributed by atoms with Gasteiger partial charge in [-0.3, -0.25) is 4.79 Å². The van der Waals surface area contributed by atoms with Gasteiger partial charge in [0.05, 0.1) is 0 Å². The van der Waals surface area contributed by atoms with E-state index in [0.717, 1.165) is 0 Å². The summed E-state index contributed by atoms with van der Waals surface area (Å²) in [6, 6.07) is 0. The van der Waals surface area contributed by atoms with E-state index in [1.54, 1.807) is 32.1 Å². The molecule has 72 valence electrons. The first-order valence-corrected chi connectivity index (χ1v) is 3.88. The molecule has 0 saturated heterocycles. The van der Waals surface area contributed by atoms with Crippen LogP contribution in [0.15, 0.2) is 36.3 Å². The Morgan fingerprint density at radius 1 is 1.46 bits per heavy atom. The summed E-state index contributed by atoms with van der Waals surface area (Å²) >= 11 is 0. The first-order valence-electron chi connectivity index (χ1n) is 3.88. The molecule has 0 aliphatic heterocycles. The predicted octanol–water partition coefficient (Wildman–Crippen LogP) is 1.65. The van der Waals surface area contributed by atoms with Gasteiger partial charge in [-0.25, -0.2) is 0 Å². The average Bonchev–Trinajstić information content (AvgIpc) is 1.98. The van der Waals surface area contributed by atoms with Crippen molar-refractivity contribution < 1.29 is 9.90 Å². The number of ketones is 1. The number of rotatable bonds is 4. The number of carbonyl (C=O) groups excluding carboxylic acids is 1. The fourth-order valence-electron chi connectivity index (χ4n) is 0.607. The molecule has 0 heterocycles. The van der Waals surface area contributed by atoms with E-state index in [0.29, 0.717) is 5.57 Å². The van der Waals surface area contributed by atoms with E-state index in [1.165, 1.54) is 12.2 Å². The monoisotopic (exact) mass is 181 g/mol. The molecule has 0 radical (unpaired) electrons. The van der Waals surface area contributed by atoms with E-state index in [-0.39, 0.29) is 5.76 Å². The second-order valence-corrected chi connectivity index (χ2v) is 3.02. The minimum atomic E-state index is -0.420. The SMILES string of the molecule is C=C(C)/C=C(\O)C(=O)/C=C/N(C)C. The van der Waals surface area contributed by atoms with E-state index in [9.17, 15) is 9.90 Å². The highest BCUT2D eigenvalue weighted by Crippen LogP contribution is 1.98. The van der Waals surface area contributed by atoms with Gasteiger partial charge in [-0.05, 0) is 13.0 Å². The topological polar surface area (TPSA) is 40.5 Å². The Morgan fingerprint density at radius 3 is 2.38 bits per heavy atom. The van der Waals surface area contributed by atoms with Crippen LogP contribution in [-0.4, -0.2) is 29.9 Å². The van der Waals surface area contributed by atoms with Crippen LogP contribution in [0.4, 0.5) is 0 Å². The van der Waals surface area contributed by atoms with Crippen LogP contribution in [0.1, 0.15) is 6.92 Å². The summed E-state index contributed by atoms with van der Waals surface area (Å²) in [7, 11) is 3.59. The molecule has 0 aromatic heterocycles. The zero-order valence-electron chi connectivity index (χ0n) is 8.24. The minimum absolute atomic E-state index is 0.286. The van der Waals surface area contributed by atoms with Crippen molar-refractivity contribution in [3.63, 3.8) is 0 Å². The number of nitrogens with zero attached hydrogens (tertiary/aromatic N) is 1. The fraction of sp³-hybridized carbons (Fsp3) is 0.300. The Morgan fingerprint density at radius 2 is 2.00 bits per heavy atom. The lowest BCUT2D eigenvalue weighted by Crippen LogP contribution is -2.04. The van der Waals surface area contributed by atoms with Gasteiger partial charge >= 0.3 is 0 Å². The van der Waals surface area contributed by atoms with Gasteiger partial charge in [0.15, 0.2) is 5.76 Å². The molecule has 0 fully saturated rings. The number of hydrogen-bond acceptors (Lipinski definition) is 3. The van der Waals surface area contributed by atoms with Crippen LogP contribution in [0.3, 0.4) is 0 Å². The van der Waals surface area contributed by atoms with Crippen molar-refractivity contribution in [1.29, 1.82) is 0 Å². The number of allylic oxidation sites excluding steroid dienone is 3. The van der Waals surface area contributed by atoms with E-state index in [2.05, 4.69) is 6.58 Å². The summed E-state index contributed by atoms with van der Waals surface area (Å²) in [5.41, 5.74) is 0.643. The summed E-state index contributed by atoms with van der Waals surface area (Å²) in [6.45, 7) is 5.26. The van der Waals surface area contributed by atoms with Crippen molar-refractivity contribution >= 4 is 5.78 Å². The summed E-state index contributed by atoms with van der Waals surface area (Å²) in [4.78, 5) is 12.8. The molecular formula is C10H15NO2. The van der Waals surface area contributed by atoms with Gasteiger partial charge < -0.3 is 10.0 Å². The smallest absolute Gasteiger partial charge is 0.221 e. The lowest BCUT2D eigenvalue weighted by molar-refractivity contribution is -0.113. The summed E-state index contributed by atoms with van der Waals surface area (Å²) in [6.07, 6.45) is 4.21. The zero-order valence-corrected chi connectivity index (χ0v) is 8.24. The largest absolute Gasteiger partial charge is 0.504 e. The van der Waals surface area contributed by atoms with Crippen LogP contribution in [0.25, 0.3) is 0 Å². The van der Waals surface area contributed by atoms with Crippen molar-refractivity contribution in [2.75, 3.05) is 14.1 Å². The zero-order chi connectivity index (χ0) is 10.4. The molecule has 0 rings (SSSR count). The molecular weight excluding hydrogens is 166 g/mol. The maximum absolute atomic E-state index is 11.1. The molecule has 0 saturated carbocycles. The lowest BCUT2D eigenvalue weighted by Gasteiger charge is -2.02. The van der Waals surface area contributed by atoms with Crippen LogP contribution in [0.5, 0.6) is 0 Å². The van der Waals surface area contributed by atoms with Gasteiger partial charge in [0.1, 0.15) is 0 Å². The lowest BCUT2D eigenvalue weighted by atomic mass is 10.2. The van der Waals surface area contributed by atoms with Gasteiger partial charge in [0.2, 0.25) is 5.78 Å². The van der Waals surface area contributed by atoms with Crippen molar-refractivity contribution in [2.45, 2.75) is 6.92 Å². The third kappa shape index (κ3) is 5.73. The Bertz CT molecular complexity index is 262. The van der Waals surface area contributed by atoms with Gasteiger partial charge in [0.25, 0.3) is 0 Å². The van der Waals surface area contributed by atoms with Crippen LogP contribution >= 0.6 is 0 Å². The van der Waals surface area contributed by atoms with Gasteiger partial charge in [-0.2, -0.15) is 0 Å². The standard InChI is InChI=1S/C10H15NO2/c1-8(2)7-10(13)9(12)5-6-11(3)4/h5-7,13H,1H2,2-4H3/b6-5+,10-7-. The number of aliphatic hydroxyl groups is 1. The van der Waals surface area contributed by atoms with E-state index in [1.807, 2.05) is 0 Å². The van der Waals surface area contributed by atoms with E-state index in [4.69, 9.17) is 0 Å². The van der Waals surface area contributed by atoms with Crippen LogP contribution in [0, 0.1) is 0 Å². The van der Waals surface area contributed by atoms with Crippen molar-refractivity contribution in [1.82, 2.24) is 4.90 Å². The number of carbonyl (C=O) groups is 1. The summed E-state index contributed by atoms with van der Waals surface area (Å²) in [5.74, 6) is -0.706. The first-order chi connectivity index (χ1) is 5.93. The van der Waals surface area contributed by atoms with Gasteiger partial charge in [0, 0.05) is 26.4 Å². The Balaban J connectivity index is 4.36. The molecule has 1 N–H and O–H groups in total. The molecule has 0 aromatic rings. The molecule has 0 aromatic carbocycles. The molecule has 0 bridgehead atoms. The highest BCUT2D eigenvalue weighted by atomic mass is 16.3. The Hall–Kier alpha value is -1.51. The quantitative estimate of drug-likeness (QED) is 0.407. The minimum Gasteiger partial charge on any atom is -0.504 e. The van der Waals surface area contributed by atoms with E-state index < -0.39 is 5.78 Å². The highest BCUT2D eigenvalue weighted by Gasteiger charge is 2.01. The summed E-state index contributed by atoms with van der Waals surface area (Å²) < 4.78 is 0. The van der Waals surface area contributed by atoms with Crippen molar-refractivity contribution in [3.8, 4) is 0 Å². The highest BCUT2D eigenvalue weighted by molar-refractivity contribution is 6.02. The second kappa shape index (κ2) is 5.19. The molecule has 0 amide bonds. The second-order valence-electron chi connectivity index (χ2n) is 3.02. The first kappa shape index (κ1) is 11.5. The average molecular weight is 181 g/mol. The van der Waals surface area contributed by atoms with Crippen LogP contribution in [-0.2, 0) is 4.79 Å². The predicted molar refractivity (Wildman–Crippen MR) is 53.4 cm³/mol. The van der Waals surface area contributed by atoms with Crippen molar-refractivity contribution in [2.24, 2.45) is 0 Å². The molecule has 13 heavy (non-hydrogen) atoms. The number of aliphatic hydroxyl groups excluding tert-OH is 1.